The molecule has 0 fully saturated rings. The van der Waals surface area contributed by atoms with Gasteiger partial charge in [-0.1, -0.05) is 23.7 Å². The zero-order valence-electron chi connectivity index (χ0n) is 13.9. The van der Waals surface area contributed by atoms with E-state index in [1.165, 1.54) is 25.3 Å². The van der Waals surface area contributed by atoms with Crippen molar-refractivity contribution in [2.24, 2.45) is 0 Å². The zero-order chi connectivity index (χ0) is 18.7. The molecule has 2 aromatic carbocycles. The summed E-state index contributed by atoms with van der Waals surface area (Å²) < 4.78 is 38.1. The van der Waals surface area contributed by atoms with E-state index in [9.17, 15) is 13.2 Å². The second-order valence-electron chi connectivity index (χ2n) is 5.57. The number of para-hydroxylation sites is 2. The average Bonchev–Trinajstić information content (AvgIpc) is 2.62. The van der Waals surface area contributed by atoms with Crippen molar-refractivity contribution in [3.8, 4) is 11.5 Å². The Morgan fingerprint density at radius 2 is 2.04 bits per heavy atom. The fraction of sp³-hybridized carbons (Fsp3) is 0.235. The minimum atomic E-state index is -3.85. The number of sulfonamides is 1. The van der Waals surface area contributed by atoms with Crippen LogP contribution in [0.25, 0.3) is 0 Å². The number of carbonyl (C=O) groups excluding carboxylic acids is 1. The van der Waals surface area contributed by atoms with Gasteiger partial charge in [-0.15, -0.1) is 0 Å². The van der Waals surface area contributed by atoms with E-state index in [0.717, 1.165) is 0 Å². The first-order valence-electron chi connectivity index (χ1n) is 7.80. The predicted octanol–water partition coefficient (Wildman–Crippen LogP) is 2.42. The Kier molecular flexibility index (Phi) is 5.36. The van der Waals surface area contributed by atoms with E-state index in [4.69, 9.17) is 21.1 Å². The summed E-state index contributed by atoms with van der Waals surface area (Å²) in [5.74, 6) is 0.419. The second-order valence-corrected chi connectivity index (χ2v) is 7.75. The lowest BCUT2D eigenvalue weighted by molar-refractivity contribution is -0.123. The van der Waals surface area contributed by atoms with Crippen LogP contribution in [0.3, 0.4) is 0 Å². The van der Waals surface area contributed by atoms with Gasteiger partial charge < -0.3 is 14.8 Å². The highest BCUT2D eigenvalue weighted by atomic mass is 35.5. The van der Waals surface area contributed by atoms with Crippen LogP contribution in [0.2, 0.25) is 5.02 Å². The van der Waals surface area contributed by atoms with Crippen molar-refractivity contribution < 1.29 is 22.7 Å². The van der Waals surface area contributed by atoms with Crippen molar-refractivity contribution in [3.63, 3.8) is 0 Å². The van der Waals surface area contributed by atoms with Crippen molar-refractivity contribution >= 4 is 33.2 Å². The number of fused-ring (bicyclic) bond motifs is 1. The molecule has 9 heteroatoms. The molecule has 1 aliphatic rings. The molecule has 2 N–H and O–H groups in total. The maximum atomic E-state index is 12.5. The molecule has 138 valence electrons. The molecule has 0 saturated heterocycles. The first-order valence-corrected chi connectivity index (χ1v) is 9.66. The molecule has 0 aromatic heterocycles. The molecular formula is C17H17ClN2O5S. The number of anilines is 1. The standard InChI is InChI=1S/C17H17ClN2O5S/c1-24-14-7-6-11(18)10-16(14)26(22,23)19-9-8-15-17(21)20-12-4-2-3-5-13(12)25-15/h2-7,10,15,19H,8-9H2,1H3,(H,20,21). The number of ether oxygens (including phenoxy) is 2. The van der Waals surface area contributed by atoms with Gasteiger partial charge in [0.05, 0.1) is 12.8 Å². The molecular weight excluding hydrogens is 380 g/mol. The number of carbonyl (C=O) groups is 1. The van der Waals surface area contributed by atoms with Gasteiger partial charge >= 0.3 is 0 Å². The number of methoxy groups -OCH3 is 1. The molecule has 1 heterocycles. The summed E-state index contributed by atoms with van der Waals surface area (Å²) in [6.45, 7) is 0.0122. The molecule has 7 nitrogen and oxygen atoms in total. The Bertz CT molecular complexity index is 933. The third kappa shape index (κ3) is 3.92. The van der Waals surface area contributed by atoms with Gasteiger partial charge in [-0.2, -0.15) is 0 Å². The van der Waals surface area contributed by atoms with Crippen molar-refractivity contribution in [1.29, 1.82) is 0 Å². The fourth-order valence-corrected chi connectivity index (χ4v) is 4.02. The Morgan fingerprint density at radius 3 is 2.81 bits per heavy atom. The van der Waals surface area contributed by atoms with Gasteiger partial charge in [-0.05, 0) is 30.3 Å². The van der Waals surface area contributed by atoms with Gasteiger partial charge in [0.2, 0.25) is 10.0 Å². The first-order chi connectivity index (χ1) is 12.4. The average molecular weight is 397 g/mol. The highest BCUT2D eigenvalue weighted by Gasteiger charge is 2.28. The zero-order valence-corrected chi connectivity index (χ0v) is 15.4. The minimum Gasteiger partial charge on any atom is -0.495 e. The van der Waals surface area contributed by atoms with E-state index < -0.39 is 16.1 Å². The van der Waals surface area contributed by atoms with Gasteiger partial charge in [0.15, 0.2) is 6.10 Å². The Morgan fingerprint density at radius 1 is 1.27 bits per heavy atom. The molecule has 26 heavy (non-hydrogen) atoms. The molecule has 0 aliphatic carbocycles. The third-order valence-corrected chi connectivity index (χ3v) is 5.54. The maximum Gasteiger partial charge on any atom is 0.265 e. The van der Waals surface area contributed by atoms with Crippen molar-refractivity contribution in [2.75, 3.05) is 19.0 Å². The monoisotopic (exact) mass is 396 g/mol. The van der Waals surface area contributed by atoms with Crippen molar-refractivity contribution in [3.05, 3.63) is 47.5 Å². The molecule has 0 bridgehead atoms. The van der Waals surface area contributed by atoms with Gasteiger partial charge in [0.1, 0.15) is 16.4 Å². The van der Waals surface area contributed by atoms with Crippen LogP contribution in [0, 0.1) is 0 Å². The first kappa shape index (κ1) is 18.5. The summed E-state index contributed by atoms with van der Waals surface area (Å²) in [6.07, 6.45) is -0.615. The van der Waals surface area contributed by atoms with Crippen LogP contribution < -0.4 is 19.5 Å². The quantitative estimate of drug-likeness (QED) is 0.782. The lowest BCUT2D eigenvalue weighted by Gasteiger charge is -2.25. The lowest BCUT2D eigenvalue weighted by atomic mass is 10.2. The largest absolute Gasteiger partial charge is 0.495 e. The molecule has 0 radical (unpaired) electrons. The number of benzene rings is 2. The third-order valence-electron chi connectivity index (χ3n) is 3.82. The predicted molar refractivity (Wildman–Crippen MR) is 97.3 cm³/mol. The SMILES string of the molecule is COc1ccc(Cl)cc1S(=O)(=O)NCCC1Oc2ccccc2NC1=O. The summed E-state index contributed by atoms with van der Waals surface area (Å²) in [6, 6.07) is 11.4. The van der Waals surface area contributed by atoms with Crippen LogP contribution in [0.4, 0.5) is 5.69 Å². The summed E-state index contributed by atoms with van der Waals surface area (Å²) in [4.78, 5) is 12.0. The molecule has 1 aliphatic heterocycles. The van der Waals surface area contributed by atoms with Gasteiger partial charge in [0.25, 0.3) is 5.91 Å². The van der Waals surface area contributed by atoms with Gasteiger partial charge in [-0.25, -0.2) is 13.1 Å². The molecule has 1 unspecified atom stereocenters. The van der Waals surface area contributed by atoms with Crippen LogP contribution in [-0.4, -0.2) is 34.1 Å². The lowest BCUT2D eigenvalue weighted by Crippen LogP contribution is -2.39. The molecule has 1 atom stereocenters. The molecule has 0 saturated carbocycles. The van der Waals surface area contributed by atoms with Crippen LogP contribution in [0.5, 0.6) is 11.5 Å². The highest BCUT2D eigenvalue weighted by Crippen LogP contribution is 2.30. The number of hydrogen-bond donors (Lipinski definition) is 2. The minimum absolute atomic E-state index is 0.0122. The van der Waals surface area contributed by atoms with Crippen LogP contribution in [-0.2, 0) is 14.8 Å². The molecule has 3 rings (SSSR count). The Hall–Kier alpha value is -2.29. The summed E-state index contributed by atoms with van der Waals surface area (Å²) in [7, 11) is -2.48. The van der Waals surface area contributed by atoms with E-state index in [1.54, 1.807) is 24.3 Å². The number of halogens is 1. The van der Waals surface area contributed by atoms with Crippen LogP contribution in [0.1, 0.15) is 6.42 Å². The number of nitrogens with one attached hydrogen (secondary N) is 2. The van der Waals surface area contributed by atoms with E-state index in [-0.39, 0.29) is 34.5 Å². The van der Waals surface area contributed by atoms with E-state index >= 15 is 0 Å². The summed E-state index contributed by atoms with van der Waals surface area (Å²) in [5, 5.41) is 3.01. The van der Waals surface area contributed by atoms with Crippen molar-refractivity contribution in [1.82, 2.24) is 4.72 Å². The highest BCUT2D eigenvalue weighted by molar-refractivity contribution is 7.89. The number of amides is 1. The normalized spacial score (nSPS) is 16.4. The van der Waals surface area contributed by atoms with Crippen LogP contribution in [0.15, 0.2) is 47.4 Å². The van der Waals surface area contributed by atoms with Crippen LogP contribution >= 0.6 is 11.6 Å². The van der Waals surface area contributed by atoms with E-state index in [0.29, 0.717) is 11.4 Å². The van der Waals surface area contributed by atoms with E-state index in [2.05, 4.69) is 10.0 Å². The maximum absolute atomic E-state index is 12.5. The Labute approximate surface area is 156 Å². The summed E-state index contributed by atoms with van der Waals surface area (Å²) in [5.41, 5.74) is 0.595. The van der Waals surface area contributed by atoms with Gasteiger partial charge in [-0.3, -0.25) is 4.79 Å². The topological polar surface area (TPSA) is 93.7 Å². The smallest absolute Gasteiger partial charge is 0.265 e. The van der Waals surface area contributed by atoms with Crippen molar-refractivity contribution in [2.45, 2.75) is 17.4 Å². The summed E-state index contributed by atoms with van der Waals surface area (Å²) >= 11 is 5.88. The molecule has 0 spiro atoms. The number of hydrogen-bond acceptors (Lipinski definition) is 5. The second kappa shape index (κ2) is 7.53. The fourth-order valence-electron chi connectivity index (χ4n) is 2.55. The molecule has 1 amide bonds. The van der Waals surface area contributed by atoms with Gasteiger partial charge in [0, 0.05) is 18.0 Å². The molecule has 2 aromatic rings. The van der Waals surface area contributed by atoms with E-state index in [1.807, 2.05) is 0 Å². The number of rotatable bonds is 6. The Balaban J connectivity index is 1.66.